The van der Waals surface area contributed by atoms with E-state index in [9.17, 15) is 18.0 Å². The maximum atomic E-state index is 12.6. The Morgan fingerprint density at radius 1 is 0.903 bits per heavy atom. The smallest absolute Gasteiger partial charge is 0.338 e. The Balaban J connectivity index is 1.64. The van der Waals surface area contributed by atoms with E-state index < -0.39 is 28.5 Å². The van der Waals surface area contributed by atoms with Gasteiger partial charge in [0.2, 0.25) is 10.0 Å². The Labute approximate surface area is 181 Å². The van der Waals surface area contributed by atoms with Crippen LogP contribution in [0.15, 0.2) is 71.6 Å². The molecule has 0 bridgehead atoms. The SMILES string of the molecule is CCN(CC)S(=O)(=O)c1cccc(C(=O)OCC(=O)Nc2ccc3ccccc3c2)c1. The molecule has 0 saturated carbocycles. The summed E-state index contributed by atoms with van der Waals surface area (Å²) in [7, 11) is -3.70. The largest absolute Gasteiger partial charge is 0.452 e. The van der Waals surface area contributed by atoms with Gasteiger partial charge in [-0.05, 0) is 41.1 Å². The second-order valence-electron chi connectivity index (χ2n) is 6.80. The fourth-order valence-corrected chi connectivity index (χ4v) is 4.68. The Kier molecular flexibility index (Phi) is 7.04. The van der Waals surface area contributed by atoms with Crippen LogP contribution in [-0.4, -0.2) is 44.3 Å². The van der Waals surface area contributed by atoms with Gasteiger partial charge in [0.05, 0.1) is 10.5 Å². The highest BCUT2D eigenvalue weighted by Crippen LogP contribution is 2.19. The van der Waals surface area contributed by atoms with Gasteiger partial charge in [0.25, 0.3) is 5.91 Å². The molecule has 0 aromatic heterocycles. The topological polar surface area (TPSA) is 92.8 Å². The van der Waals surface area contributed by atoms with E-state index in [1.54, 1.807) is 19.9 Å². The van der Waals surface area contributed by atoms with E-state index in [1.165, 1.54) is 28.6 Å². The van der Waals surface area contributed by atoms with Gasteiger partial charge in [-0.3, -0.25) is 4.79 Å². The van der Waals surface area contributed by atoms with Gasteiger partial charge >= 0.3 is 5.97 Å². The number of amides is 1. The maximum Gasteiger partial charge on any atom is 0.338 e. The highest BCUT2D eigenvalue weighted by Gasteiger charge is 2.23. The van der Waals surface area contributed by atoms with Gasteiger partial charge in [0.15, 0.2) is 6.61 Å². The van der Waals surface area contributed by atoms with Crippen molar-refractivity contribution in [2.75, 3.05) is 25.0 Å². The number of anilines is 1. The summed E-state index contributed by atoms with van der Waals surface area (Å²) >= 11 is 0. The number of sulfonamides is 1. The van der Waals surface area contributed by atoms with E-state index in [-0.39, 0.29) is 10.5 Å². The summed E-state index contributed by atoms with van der Waals surface area (Å²) in [4.78, 5) is 24.5. The Morgan fingerprint density at radius 2 is 1.61 bits per heavy atom. The molecule has 0 radical (unpaired) electrons. The summed E-state index contributed by atoms with van der Waals surface area (Å²) < 4.78 is 31.7. The lowest BCUT2D eigenvalue weighted by molar-refractivity contribution is -0.119. The van der Waals surface area contributed by atoms with Gasteiger partial charge in [0.1, 0.15) is 0 Å². The minimum atomic E-state index is -3.70. The van der Waals surface area contributed by atoms with Crippen molar-refractivity contribution in [1.82, 2.24) is 4.31 Å². The molecule has 31 heavy (non-hydrogen) atoms. The molecule has 1 amide bonds. The normalized spacial score (nSPS) is 11.5. The number of hydrogen-bond donors (Lipinski definition) is 1. The number of benzene rings is 3. The average Bonchev–Trinajstić information content (AvgIpc) is 2.78. The molecule has 0 saturated heterocycles. The molecule has 0 atom stereocenters. The first-order valence-electron chi connectivity index (χ1n) is 9.91. The van der Waals surface area contributed by atoms with Crippen LogP contribution >= 0.6 is 0 Å². The van der Waals surface area contributed by atoms with Crippen LogP contribution in [0.3, 0.4) is 0 Å². The minimum absolute atomic E-state index is 0.00580. The number of nitrogens with one attached hydrogen (secondary N) is 1. The zero-order valence-electron chi connectivity index (χ0n) is 17.4. The lowest BCUT2D eigenvalue weighted by Crippen LogP contribution is -2.30. The van der Waals surface area contributed by atoms with Crippen LogP contribution in [-0.2, 0) is 19.6 Å². The van der Waals surface area contributed by atoms with Crippen LogP contribution in [0, 0.1) is 0 Å². The molecule has 0 heterocycles. The van der Waals surface area contributed by atoms with E-state index in [0.29, 0.717) is 18.8 Å². The lowest BCUT2D eigenvalue weighted by Gasteiger charge is -2.18. The summed E-state index contributed by atoms with van der Waals surface area (Å²) in [6.45, 7) is 3.64. The van der Waals surface area contributed by atoms with Crippen molar-refractivity contribution in [3.63, 3.8) is 0 Å². The Bertz CT molecular complexity index is 1200. The first-order valence-corrected chi connectivity index (χ1v) is 11.3. The van der Waals surface area contributed by atoms with Gasteiger partial charge in [-0.25, -0.2) is 13.2 Å². The summed E-state index contributed by atoms with van der Waals surface area (Å²) in [6, 6.07) is 18.8. The number of esters is 1. The molecule has 0 aliphatic carbocycles. The fraction of sp³-hybridized carbons (Fsp3) is 0.217. The predicted molar refractivity (Wildman–Crippen MR) is 119 cm³/mol. The van der Waals surface area contributed by atoms with Crippen molar-refractivity contribution in [3.05, 3.63) is 72.3 Å². The summed E-state index contributed by atoms with van der Waals surface area (Å²) in [5.41, 5.74) is 0.652. The van der Waals surface area contributed by atoms with E-state index in [2.05, 4.69) is 5.32 Å². The van der Waals surface area contributed by atoms with Crippen LogP contribution in [0.2, 0.25) is 0 Å². The third-order valence-electron chi connectivity index (χ3n) is 4.78. The molecule has 8 heteroatoms. The molecule has 162 valence electrons. The van der Waals surface area contributed by atoms with E-state index in [4.69, 9.17) is 4.74 Å². The maximum absolute atomic E-state index is 12.6. The van der Waals surface area contributed by atoms with Crippen molar-refractivity contribution < 1.29 is 22.7 Å². The molecule has 0 fully saturated rings. The van der Waals surface area contributed by atoms with Crippen LogP contribution in [0.25, 0.3) is 10.8 Å². The Hall–Kier alpha value is -3.23. The molecule has 0 unspecified atom stereocenters. The first-order chi connectivity index (χ1) is 14.8. The standard InChI is InChI=1S/C23H24N2O5S/c1-3-25(4-2)31(28,29)21-11-7-10-19(15-21)23(27)30-16-22(26)24-20-13-12-17-8-5-6-9-18(17)14-20/h5-15H,3-4,16H2,1-2H3,(H,24,26). The first kappa shape index (κ1) is 22.5. The highest BCUT2D eigenvalue weighted by atomic mass is 32.2. The van der Waals surface area contributed by atoms with E-state index in [1.807, 2.05) is 36.4 Å². The molecule has 3 rings (SSSR count). The fourth-order valence-electron chi connectivity index (χ4n) is 3.17. The van der Waals surface area contributed by atoms with E-state index in [0.717, 1.165) is 10.8 Å². The predicted octanol–water partition coefficient (Wildman–Crippen LogP) is 3.67. The number of carbonyl (C=O) groups is 2. The number of rotatable bonds is 8. The van der Waals surface area contributed by atoms with Crippen LogP contribution in [0.4, 0.5) is 5.69 Å². The summed E-state index contributed by atoms with van der Waals surface area (Å²) in [6.07, 6.45) is 0. The van der Waals surface area contributed by atoms with Crippen molar-refractivity contribution in [2.45, 2.75) is 18.7 Å². The van der Waals surface area contributed by atoms with Crippen molar-refractivity contribution in [3.8, 4) is 0 Å². The van der Waals surface area contributed by atoms with Gasteiger partial charge < -0.3 is 10.1 Å². The molecule has 0 aliphatic rings. The van der Waals surface area contributed by atoms with Crippen LogP contribution < -0.4 is 5.32 Å². The molecular formula is C23H24N2O5S. The quantitative estimate of drug-likeness (QED) is 0.540. The minimum Gasteiger partial charge on any atom is -0.452 e. The van der Waals surface area contributed by atoms with Crippen LogP contribution in [0.1, 0.15) is 24.2 Å². The molecule has 0 spiro atoms. The molecule has 3 aromatic carbocycles. The van der Waals surface area contributed by atoms with Crippen molar-refractivity contribution >= 4 is 38.4 Å². The summed E-state index contributed by atoms with van der Waals surface area (Å²) in [5.74, 6) is -1.26. The second-order valence-corrected chi connectivity index (χ2v) is 8.74. The second kappa shape index (κ2) is 9.72. The number of fused-ring (bicyclic) bond motifs is 1. The lowest BCUT2D eigenvalue weighted by atomic mass is 10.1. The molecular weight excluding hydrogens is 416 g/mol. The number of carbonyl (C=O) groups excluding carboxylic acids is 2. The molecule has 0 aliphatic heterocycles. The van der Waals surface area contributed by atoms with Gasteiger partial charge in [0, 0.05) is 18.8 Å². The van der Waals surface area contributed by atoms with Crippen molar-refractivity contribution in [2.24, 2.45) is 0 Å². The van der Waals surface area contributed by atoms with E-state index >= 15 is 0 Å². The zero-order valence-corrected chi connectivity index (χ0v) is 18.2. The number of ether oxygens (including phenoxy) is 1. The Morgan fingerprint density at radius 3 is 2.32 bits per heavy atom. The summed E-state index contributed by atoms with van der Waals surface area (Å²) in [5, 5.41) is 4.71. The number of nitrogens with zero attached hydrogens (tertiary/aromatic N) is 1. The van der Waals surface area contributed by atoms with Gasteiger partial charge in [-0.1, -0.05) is 50.2 Å². The zero-order chi connectivity index (χ0) is 22.4. The third-order valence-corrected chi connectivity index (χ3v) is 6.83. The highest BCUT2D eigenvalue weighted by molar-refractivity contribution is 7.89. The van der Waals surface area contributed by atoms with Crippen molar-refractivity contribution in [1.29, 1.82) is 0 Å². The molecule has 7 nitrogen and oxygen atoms in total. The average molecular weight is 441 g/mol. The monoisotopic (exact) mass is 440 g/mol. The number of hydrogen-bond acceptors (Lipinski definition) is 5. The van der Waals surface area contributed by atoms with Gasteiger partial charge in [-0.15, -0.1) is 0 Å². The molecule has 3 aromatic rings. The van der Waals surface area contributed by atoms with Crippen LogP contribution in [0.5, 0.6) is 0 Å². The molecule has 1 N–H and O–H groups in total. The van der Waals surface area contributed by atoms with Gasteiger partial charge in [-0.2, -0.15) is 4.31 Å². The third kappa shape index (κ3) is 5.28.